The van der Waals surface area contributed by atoms with Crippen LogP contribution in [0.15, 0.2) is 0 Å². The Hall–Kier alpha value is -0.120. The van der Waals surface area contributed by atoms with E-state index < -0.39 is 0 Å². The number of ether oxygens (including phenoxy) is 2. The number of hydrogen-bond donors (Lipinski definition) is 1. The van der Waals surface area contributed by atoms with Crippen molar-refractivity contribution in [3.05, 3.63) is 0 Å². The van der Waals surface area contributed by atoms with Crippen molar-refractivity contribution in [2.75, 3.05) is 33.0 Å². The van der Waals surface area contributed by atoms with Crippen LogP contribution < -0.4 is 5.32 Å². The minimum Gasteiger partial charge on any atom is -0.381 e. The monoisotopic (exact) mass is 257 g/mol. The Morgan fingerprint density at radius 1 is 1.22 bits per heavy atom. The lowest BCUT2D eigenvalue weighted by molar-refractivity contribution is 0.0851. The summed E-state index contributed by atoms with van der Waals surface area (Å²) < 4.78 is 11.3. The molecule has 108 valence electrons. The molecule has 0 aromatic rings. The summed E-state index contributed by atoms with van der Waals surface area (Å²) in [6.07, 6.45) is 7.72. The van der Waals surface area contributed by atoms with Crippen molar-refractivity contribution in [2.24, 2.45) is 5.92 Å². The second kappa shape index (κ2) is 10.8. The molecule has 0 aromatic carbocycles. The summed E-state index contributed by atoms with van der Waals surface area (Å²) >= 11 is 0. The second-order valence-corrected chi connectivity index (χ2v) is 5.28. The van der Waals surface area contributed by atoms with Gasteiger partial charge in [0.15, 0.2) is 0 Å². The van der Waals surface area contributed by atoms with Crippen LogP contribution in [0.2, 0.25) is 0 Å². The first-order valence-electron chi connectivity index (χ1n) is 7.77. The molecule has 0 spiro atoms. The number of likely N-dealkylation sites (N-methyl/N-ethyl adjacent to an activating group) is 1. The standard InChI is InChI=1S/C15H31NO2/c1-3-5-6-7-8-10-17-13-15(16-4-2)14-9-11-18-12-14/h14-16H,3-13H2,1-2H3. The van der Waals surface area contributed by atoms with E-state index in [-0.39, 0.29) is 0 Å². The van der Waals surface area contributed by atoms with E-state index in [1.807, 2.05) is 0 Å². The third-order valence-electron chi connectivity index (χ3n) is 3.69. The average Bonchev–Trinajstić information content (AvgIpc) is 2.90. The van der Waals surface area contributed by atoms with Gasteiger partial charge in [0.2, 0.25) is 0 Å². The van der Waals surface area contributed by atoms with Crippen molar-refractivity contribution in [3.63, 3.8) is 0 Å². The van der Waals surface area contributed by atoms with Gasteiger partial charge in [-0.1, -0.05) is 39.5 Å². The molecule has 1 aliphatic rings. The molecule has 0 aromatic heterocycles. The zero-order valence-corrected chi connectivity index (χ0v) is 12.2. The predicted molar refractivity (Wildman–Crippen MR) is 76.0 cm³/mol. The molecule has 1 N–H and O–H groups in total. The third-order valence-corrected chi connectivity index (χ3v) is 3.69. The molecule has 18 heavy (non-hydrogen) atoms. The number of hydrogen-bond acceptors (Lipinski definition) is 3. The van der Waals surface area contributed by atoms with Crippen molar-refractivity contribution in [3.8, 4) is 0 Å². The Bertz CT molecular complexity index is 181. The van der Waals surface area contributed by atoms with Crippen LogP contribution in [0.1, 0.15) is 52.4 Å². The lowest BCUT2D eigenvalue weighted by atomic mass is 10.00. The lowest BCUT2D eigenvalue weighted by Gasteiger charge is -2.23. The maximum atomic E-state index is 5.82. The Labute approximate surface area is 113 Å². The van der Waals surface area contributed by atoms with E-state index in [9.17, 15) is 0 Å². The molecule has 1 rings (SSSR count). The van der Waals surface area contributed by atoms with Crippen LogP contribution in [0.3, 0.4) is 0 Å². The van der Waals surface area contributed by atoms with Gasteiger partial charge in [0.1, 0.15) is 0 Å². The highest BCUT2D eigenvalue weighted by molar-refractivity contribution is 4.78. The summed E-state index contributed by atoms with van der Waals surface area (Å²) in [5.74, 6) is 0.644. The molecule has 1 fully saturated rings. The SMILES string of the molecule is CCCCCCCOCC(NCC)C1CCOC1. The van der Waals surface area contributed by atoms with Gasteiger partial charge in [-0.15, -0.1) is 0 Å². The van der Waals surface area contributed by atoms with Gasteiger partial charge in [-0.2, -0.15) is 0 Å². The van der Waals surface area contributed by atoms with Crippen molar-refractivity contribution >= 4 is 0 Å². The van der Waals surface area contributed by atoms with Crippen LogP contribution in [0.5, 0.6) is 0 Å². The molecule has 2 atom stereocenters. The first-order chi connectivity index (χ1) is 8.88. The van der Waals surface area contributed by atoms with E-state index in [0.717, 1.165) is 33.0 Å². The molecule has 0 amide bonds. The summed E-state index contributed by atoms with van der Waals surface area (Å²) in [5, 5.41) is 3.53. The highest BCUT2D eigenvalue weighted by Crippen LogP contribution is 2.17. The van der Waals surface area contributed by atoms with Crippen molar-refractivity contribution in [1.29, 1.82) is 0 Å². The molecule has 0 radical (unpaired) electrons. The summed E-state index contributed by atoms with van der Waals surface area (Å²) in [6, 6.07) is 0.480. The first kappa shape index (κ1) is 15.9. The zero-order chi connectivity index (χ0) is 13.1. The minimum atomic E-state index is 0.480. The van der Waals surface area contributed by atoms with Crippen LogP contribution in [0.25, 0.3) is 0 Å². The predicted octanol–water partition coefficient (Wildman–Crippen LogP) is 2.99. The van der Waals surface area contributed by atoms with E-state index in [1.165, 1.54) is 38.5 Å². The van der Waals surface area contributed by atoms with Crippen LogP contribution in [0.4, 0.5) is 0 Å². The molecule has 0 saturated carbocycles. The first-order valence-corrected chi connectivity index (χ1v) is 7.77. The van der Waals surface area contributed by atoms with Gasteiger partial charge in [-0.05, 0) is 19.4 Å². The maximum absolute atomic E-state index is 5.82. The second-order valence-electron chi connectivity index (χ2n) is 5.28. The molecular formula is C15H31NO2. The normalized spacial score (nSPS) is 21.3. The quantitative estimate of drug-likeness (QED) is 0.577. The van der Waals surface area contributed by atoms with E-state index in [1.54, 1.807) is 0 Å². The number of nitrogens with one attached hydrogen (secondary N) is 1. The largest absolute Gasteiger partial charge is 0.381 e. The van der Waals surface area contributed by atoms with Crippen molar-refractivity contribution in [1.82, 2.24) is 5.32 Å². The number of unbranched alkanes of at least 4 members (excludes halogenated alkanes) is 4. The van der Waals surface area contributed by atoms with Gasteiger partial charge in [0.05, 0.1) is 13.2 Å². The average molecular weight is 257 g/mol. The molecule has 0 bridgehead atoms. The molecule has 0 aliphatic carbocycles. The Morgan fingerprint density at radius 3 is 2.72 bits per heavy atom. The van der Waals surface area contributed by atoms with Gasteiger partial charge in [0.25, 0.3) is 0 Å². The molecule has 1 saturated heterocycles. The van der Waals surface area contributed by atoms with E-state index >= 15 is 0 Å². The highest BCUT2D eigenvalue weighted by atomic mass is 16.5. The fraction of sp³-hybridized carbons (Fsp3) is 1.00. The topological polar surface area (TPSA) is 30.5 Å². The van der Waals surface area contributed by atoms with E-state index in [0.29, 0.717) is 12.0 Å². The highest BCUT2D eigenvalue weighted by Gasteiger charge is 2.24. The zero-order valence-electron chi connectivity index (χ0n) is 12.2. The Kier molecular flexibility index (Phi) is 9.54. The minimum absolute atomic E-state index is 0.480. The third kappa shape index (κ3) is 6.72. The lowest BCUT2D eigenvalue weighted by Crippen LogP contribution is -2.40. The molecular weight excluding hydrogens is 226 g/mol. The smallest absolute Gasteiger partial charge is 0.0623 e. The van der Waals surface area contributed by atoms with E-state index in [4.69, 9.17) is 9.47 Å². The maximum Gasteiger partial charge on any atom is 0.0623 e. The van der Waals surface area contributed by atoms with Crippen LogP contribution in [-0.4, -0.2) is 39.0 Å². The summed E-state index contributed by atoms with van der Waals surface area (Å²) in [5.41, 5.74) is 0. The van der Waals surface area contributed by atoms with Gasteiger partial charge < -0.3 is 14.8 Å². The molecule has 3 heteroatoms. The van der Waals surface area contributed by atoms with Gasteiger partial charge >= 0.3 is 0 Å². The Balaban J connectivity index is 2.02. The molecule has 2 unspecified atom stereocenters. The van der Waals surface area contributed by atoms with Crippen molar-refractivity contribution < 1.29 is 9.47 Å². The fourth-order valence-electron chi connectivity index (χ4n) is 2.51. The Morgan fingerprint density at radius 2 is 2.06 bits per heavy atom. The summed E-state index contributed by atoms with van der Waals surface area (Å²) in [6.45, 7) is 9.01. The van der Waals surface area contributed by atoms with Crippen molar-refractivity contribution in [2.45, 2.75) is 58.4 Å². The van der Waals surface area contributed by atoms with Gasteiger partial charge in [-0.25, -0.2) is 0 Å². The van der Waals surface area contributed by atoms with Crippen LogP contribution in [-0.2, 0) is 9.47 Å². The molecule has 1 aliphatic heterocycles. The van der Waals surface area contributed by atoms with Gasteiger partial charge in [0, 0.05) is 25.2 Å². The summed E-state index contributed by atoms with van der Waals surface area (Å²) in [7, 11) is 0. The van der Waals surface area contributed by atoms with Crippen LogP contribution >= 0.6 is 0 Å². The fourth-order valence-corrected chi connectivity index (χ4v) is 2.51. The summed E-state index contributed by atoms with van der Waals surface area (Å²) in [4.78, 5) is 0. The molecule has 1 heterocycles. The number of rotatable bonds is 11. The van der Waals surface area contributed by atoms with Crippen LogP contribution in [0, 0.1) is 5.92 Å². The van der Waals surface area contributed by atoms with Gasteiger partial charge in [-0.3, -0.25) is 0 Å². The van der Waals surface area contributed by atoms with E-state index in [2.05, 4.69) is 19.2 Å². The molecule has 3 nitrogen and oxygen atoms in total.